The summed E-state index contributed by atoms with van der Waals surface area (Å²) >= 11 is 2.15. The van der Waals surface area contributed by atoms with Gasteiger partial charge in [0.05, 0.1) is 12.1 Å². The van der Waals surface area contributed by atoms with Crippen LogP contribution >= 0.6 is 22.6 Å². The Balaban J connectivity index is 1.99. The molecule has 0 aromatic heterocycles. The lowest BCUT2D eigenvalue weighted by atomic mass is 9.94. The van der Waals surface area contributed by atoms with Gasteiger partial charge in [0.25, 0.3) is 11.8 Å². The summed E-state index contributed by atoms with van der Waals surface area (Å²) in [5.74, 6) is -1.61. The van der Waals surface area contributed by atoms with Gasteiger partial charge in [-0.05, 0) is 91.4 Å². The quantitative estimate of drug-likeness (QED) is 0.445. The smallest absolute Gasteiger partial charge is 0.257 e. The number of hydrogen-bond donors (Lipinski definition) is 0. The molecule has 0 radical (unpaired) electrons. The summed E-state index contributed by atoms with van der Waals surface area (Å²) in [7, 11) is 0. The number of benzene rings is 2. The Kier molecular flexibility index (Phi) is 6.07. The number of rotatable bonds is 5. The van der Waals surface area contributed by atoms with Crippen LogP contribution in [-0.2, 0) is 9.59 Å². The van der Waals surface area contributed by atoms with E-state index in [0.717, 1.165) is 8.47 Å². The van der Waals surface area contributed by atoms with Crippen molar-refractivity contribution in [2.45, 2.75) is 45.2 Å². The van der Waals surface area contributed by atoms with Gasteiger partial charge in [-0.1, -0.05) is 6.92 Å². The maximum atomic E-state index is 13.3. The molecule has 3 amide bonds. The Morgan fingerprint density at radius 3 is 2.28 bits per heavy atom. The van der Waals surface area contributed by atoms with Crippen LogP contribution in [0.2, 0.25) is 0 Å². The zero-order valence-corrected chi connectivity index (χ0v) is 18.6. The normalized spacial score (nSPS) is 17.0. The average molecular weight is 508 g/mol. The van der Waals surface area contributed by atoms with Gasteiger partial charge in [0.2, 0.25) is 5.91 Å². The van der Waals surface area contributed by atoms with Crippen molar-refractivity contribution in [3.8, 4) is 0 Å². The fourth-order valence-corrected chi connectivity index (χ4v) is 3.78. The molecule has 1 saturated heterocycles. The molecule has 0 bridgehead atoms. The highest BCUT2D eigenvalue weighted by atomic mass is 127. The van der Waals surface area contributed by atoms with E-state index in [1.54, 1.807) is 12.1 Å². The molecular formula is C22H22FIN2O3. The third-order valence-corrected chi connectivity index (χ3v) is 6.07. The van der Waals surface area contributed by atoms with Crippen LogP contribution in [0.25, 0.3) is 0 Å². The summed E-state index contributed by atoms with van der Waals surface area (Å²) in [4.78, 5) is 41.9. The van der Waals surface area contributed by atoms with Crippen LogP contribution in [0, 0.1) is 9.39 Å². The van der Waals surface area contributed by atoms with E-state index in [4.69, 9.17) is 0 Å². The molecule has 29 heavy (non-hydrogen) atoms. The SMILES string of the molecule is CCC(C)(C)N(C(=O)c1ccc(F)cc1)C1CC(=O)N(c2ccc(I)cc2)C1=O. The van der Waals surface area contributed by atoms with Gasteiger partial charge in [-0.15, -0.1) is 0 Å². The number of halogens is 2. The van der Waals surface area contributed by atoms with E-state index in [9.17, 15) is 18.8 Å². The second-order valence-electron chi connectivity index (χ2n) is 7.61. The molecule has 152 valence electrons. The zero-order valence-electron chi connectivity index (χ0n) is 16.5. The van der Waals surface area contributed by atoms with Gasteiger partial charge in [0, 0.05) is 14.7 Å². The molecule has 0 saturated carbocycles. The third kappa shape index (κ3) is 4.19. The van der Waals surface area contributed by atoms with Gasteiger partial charge in [0.1, 0.15) is 11.9 Å². The van der Waals surface area contributed by atoms with E-state index in [-0.39, 0.29) is 17.9 Å². The summed E-state index contributed by atoms with van der Waals surface area (Å²) in [6, 6.07) is 11.4. The summed E-state index contributed by atoms with van der Waals surface area (Å²) in [5.41, 5.74) is 0.0982. The first-order valence-corrected chi connectivity index (χ1v) is 10.4. The molecule has 2 aromatic rings. The van der Waals surface area contributed by atoms with Crippen LogP contribution < -0.4 is 4.90 Å². The summed E-state index contributed by atoms with van der Waals surface area (Å²) in [5, 5.41) is 0. The Hall–Kier alpha value is -2.29. The first-order chi connectivity index (χ1) is 13.7. The lowest BCUT2D eigenvalue weighted by molar-refractivity contribution is -0.123. The molecule has 1 aliphatic rings. The van der Waals surface area contributed by atoms with Crippen LogP contribution in [0.15, 0.2) is 48.5 Å². The predicted octanol–water partition coefficient (Wildman–Crippen LogP) is 4.39. The van der Waals surface area contributed by atoms with E-state index in [1.807, 2.05) is 32.9 Å². The highest BCUT2D eigenvalue weighted by molar-refractivity contribution is 14.1. The molecule has 0 spiro atoms. The second-order valence-corrected chi connectivity index (χ2v) is 8.86. The van der Waals surface area contributed by atoms with Gasteiger partial charge in [-0.25, -0.2) is 9.29 Å². The standard InChI is InChI=1S/C22H22FIN2O3/c1-4-22(2,3)26(20(28)14-5-7-15(23)8-6-14)18-13-19(27)25(21(18)29)17-11-9-16(24)10-12-17/h5-12,18H,4,13H2,1-3H3. The second kappa shape index (κ2) is 8.22. The van der Waals surface area contributed by atoms with Crippen molar-refractivity contribution in [3.05, 3.63) is 63.5 Å². The number of imide groups is 1. The van der Waals surface area contributed by atoms with Crippen LogP contribution in [0.4, 0.5) is 10.1 Å². The molecule has 1 fully saturated rings. The predicted molar refractivity (Wildman–Crippen MR) is 117 cm³/mol. The van der Waals surface area contributed by atoms with E-state index < -0.39 is 29.2 Å². The topological polar surface area (TPSA) is 57.7 Å². The molecule has 0 aliphatic carbocycles. The van der Waals surface area contributed by atoms with Crippen LogP contribution in [0.1, 0.15) is 44.0 Å². The molecule has 0 N–H and O–H groups in total. The van der Waals surface area contributed by atoms with E-state index in [2.05, 4.69) is 22.6 Å². The van der Waals surface area contributed by atoms with Gasteiger partial charge in [-0.3, -0.25) is 14.4 Å². The minimum Gasteiger partial charge on any atom is -0.321 e. The Morgan fingerprint density at radius 1 is 1.14 bits per heavy atom. The number of nitrogens with zero attached hydrogens (tertiary/aromatic N) is 2. The molecule has 3 rings (SSSR count). The fraction of sp³-hybridized carbons (Fsp3) is 0.318. The highest BCUT2D eigenvalue weighted by Crippen LogP contribution is 2.32. The summed E-state index contributed by atoms with van der Waals surface area (Å²) < 4.78 is 14.3. The Morgan fingerprint density at radius 2 is 1.72 bits per heavy atom. The minimum atomic E-state index is -0.908. The third-order valence-electron chi connectivity index (χ3n) is 5.35. The van der Waals surface area contributed by atoms with Crippen molar-refractivity contribution in [2.75, 3.05) is 4.90 Å². The zero-order chi connectivity index (χ0) is 21.3. The number of anilines is 1. The van der Waals surface area contributed by atoms with Gasteiger partial charge >= 0.3 is 0 Å². The van der Waals surface area contributed by atoms with E-state index >= 15 is 0 Å². The lowest BCUT2D eigenvalue weighted by Gasteiger charge is -2.41. The number of amides is 3. The Labute approximate surface area is 183 Å². The maximum absolute atomic E-state index is 13.3. The Bertz CT molecular complexity index is 942. The molecule has 1 aliphatic heterocycles. The fourth-order valence-electron chi connectivity index (χ4n) is 3.42. The van der Waals surface area contributed by atoms with Gasteiger partial charge < -0.3 is 4.90 Å². The molecular weight excluding hydrogens is 486 g/mol. The van der Waals surface area contributed by atoms with Crippen LogP contribution in [-0.4, -0.2) is 34.2 Å². The number of carbonyl (C=O) groups is 3. The van der Waals surface area contributed by atoms with Crippen molar-refractivity contribution >= 4 is 46.0 Å². The van der Waals surface area contributed by atoms with Crippen molar-refractivity contribution in [2.24, 2.45) is 0 Å². The van der Waals surface area contributed by atoms with Crippen molar-refractivity contribution in [3.63, 3.8) is 0 Å². The number of carbonyl (C=O) groups excluding carboxylic acids is 3. The molecule has 1 heterocycles. The monoisotopic (exact) mass is 508 g/mol. The van der Waals surface area contributed by atoms with Crippen molar-refractivity contribution in [1.82, 2.24) is 4.90 Å². The van der Waals surface area contributed by atoms with E-state index in [0.29, 0.717) is 12.1 Å². The average Bonchev–Trinajstić information content (AvgIpc) is 2.97. The van der Waals surface area contributed by atoms with E-state index in [1.165, 1.54) is 29.2 Å². The van der Waals surface area contributed by atoms with Crippen LogP contribution in [0.5, 0.6) is 0 Å². The molecule has 5 nitrogen and oxygen atoms in total. The largest absolute Gasteiger partial charge is 0.321 e. The highest BCUT2D eigenvalue weighted by Gasteiger charge is 2.48. The summed E-state index contributed by atoms with van der Waals surface area (Å²) in [6.07, 6.45) is 0.503. The molecule has 2 aromatic carbocycles. The van der Waals surface area contributed by atoms with Gasteiger partial charge in [0.15, 0.2) is 0 Å². The van der Waals surface area contributed by atoms with Crippen molar-refractivity contribution in [1.29, 1.82) is 0 Å². The minimum absolute atomic E-state index is 0.0822. The lowest BCUT2D eigenvalue weighted by Crippen LogP contribution is -2.55. The number of hydrogen-bond acceptors (Lipinski definition) is 3. The van der Waals surface area contributed by atoms with Gasteiger partial charge in [-0.2, -0.15) is 0 Å². The maximum Gasteiger partial charge on any atom is 0.257 e. The van der Waals surface area contributed by atoms with Crippen molar-refractivity contribution < 1.29 is 18.8 Å². The first kappa shape index (κ1) is 21.4. The molecule has 1 unspecified atom stereocenters. The first-order valence-electron chi connectivity index (χ1n) is 9.37. The van der Waals surface area contributed by atoms with Crippen LogP contribution in [0.3, 0.4) is 0 Å². The molecule has 7 heteroatoms. The molecule has 1 atom stereocenters. The summed E-state index contributed by atoms with van der Waals surface area (Å²) in [6.45, 7) is 5.64.